The van der Waals surface area contributed by atoms with Crippen LogP contribution < -0.4 is 5.32 Å². The van der Waals surface area contributed by atoms with Gasteiger partial charge in [0.25, 0.3) is 0 Å². The molecule has 0 amide bonds. The summed E-state index contributed by atoms with van der Waals surface area (Å²) in [7, 11) is 0. The lowest BCUT2D eigenvalue weighted by Gasteiger charge is -2.38. The van der Waals surface area contributed by atoms with E-state index in [9.17, 15) is 0 Å². The Labute approximate surface area is 137 Å². The second-order valence-electron chi connectivity index (χ2n) is 6.44. The smallest absolute Gasteiger partial charge is 0.187 e. The van der Waals surface area contributed by atoms with Crippen LogP contribution in [-0.4, -0.2) is 22.0 Å². The van der Waals surface area contributed by atoms with Gasteiger partial charge in [-0.3, -0.25) is 4.90 Å². The van der Waals surface area contributed by atoms with E-state index in [1.54, 1.807) is 11.3 Å². The number of nitrogens with zero attached hydrogens (tertiary/aromatic N) is 2. The van der Waals surface area contributed by atoms with Gasteiger partial charge in [-0.15, -0.1) is 11.3 Å². The highest BCUT2D eigenvalue weighted by molar-refractivity contribution is 7.13. The molecule has 0 aliphatic carbocycles. The maximum Gasteiger partial charge on any atom is 0.187 e. The van der Waals surface area contributed by atoms with E-state index in [2.05, 4.69) is 60.6 Å². The Balaban J connectivity index is 1.64. The van der Waals surface area contributed by atoms with Crippen molar-refractivity contribution < 1.29 is 0 Å². The Morgan fingerprint density at radius 1 is 1.18 bits per heavy atom. The molecule has 2 aromatic rings. The highest BCUT2D eigenvalue weighted by Gasteiger charge is 2.25. The number of aromatic nitrogens is 1. The summed E-state index contributed by atoms with van der Waals surface area (Å²) < 4.78 is 0. The topological polar surface area (TPSA) is 28.2 Å². The lowest BCUT2D eigenvalue weighted by atomic mass is 9.97. The lowest BCUT2D eigenvalue weighted by molar-refractivity contribution is 0.0941. The third-order valence-electron chi connectivity index (χ3n) is 4.58. The summed E-state index contributed by atoms with van der Waals surface area (Å²) in [6.07, 6.45) is 3.97. The Kier molecular flexibility index (Phi) is 4.79. The predicted molar refractivity (Wildman–Crippen MR) is 94.9 cm³/mol. The molecule has 1 N–H and O–H groups in total. The van der Waals surface area contributed by atoms with Gasteiger partial charge in [0.15, 0.2) is 5.13 Å². The molecule has 1 aromatic carbocycles. The van der Waals surface area contributed by atoms with E-state index in [4.69, 9.17) is 4.98 Å². The van der Waals surface area contributed by atoms with Crippen LogP contribution in [0.25, 0.3) is 0 Å². The van der Waals surface area contributed by atoms with E-state index in [0.29, 0.717) is 12.1 Å². The molecule has 1 aliphatic heterocycles. The number of rotatable bonds is 4. The summed E-state index contributed by atoms with van der Waals surface area (Å²) in [6.45, 7) is 7.75. The number of hydrogen-bond donors (Lipinski definition) is 1. The van der Waals surface area contributed by atoms with Crippen LogP contribution >= 0.6 is 11.3 Å². The van der Waals surface area contributed by atoms with Gasteiger partial charge in [0.2, 0.25) is 0 Å². The summed E-state index contributed by atoms with van der Waals surface area (Å²) in [5.41, 5.74) is 3.56. The maximum absolute atomic E-state index is 4.76. The molecule has 118 valence electrons. The molecule has 1 saturated heterocycles. The molecule has 2 atom stereocenters. The normalized spacial score (nSPS) is 22.7. The molecule has 4 heteroatoms. The van der Waals surface area contributed by atoms with Crippen molar-refractivity contribution in [2.45, 2.75) is 58.7 Å². The monoisotopic (exact) mass is 315 g/mol. The first-order valence-corrected chi connectivity index (χ1v) is 9.03. The van der Waals surface area contributed by atoms with Gasteiger partial charge in [0.1, 0.15) is 0 Å². The molecule has 1 aliphatic rings. The molecule has 1 fully saturated rings. The number of nitrogens with one attached hydrogen (secondary N) is 1. The third-order valence-corrected chi connectivity index (χ3v) is 5.38. The largest absolute Gasteiger partial charge is 0.332 e. The molecule has 0 saturated carbocycles. The Morgan fingerprint density at radius 3 is 2.55 bits per heavy atom. The van der Waals surface area contributed by atoms with Crippen molar-refractivity contribution in [1.82, 2.24) is 9.88 Å². The number of aryl methyl sites for hydroxylation is 1. The van der Waals surface area contributed by atoms with Gasteiger partial charge >= 0.3 is 0 Å². The average Bonchev–Trinajstić information content (AvgIpc) is 2.93. The second kappa shape index (κ2) is 6.80. The number of anilines is 2. The first kappa shape index (κ1) is 15.5. The van der Waals surface area contributed by atoms with Crippen molar-refractivity contribution in [3.8, 4) is 0 Å². The molecule has 22 heavy (non-hydrogen) atoms. The zero-order chi connectivity index (χ0) is 15.5. The van der Waals surface area contributed by atoms with Crippen LogP contribution in [0.4, 0.5) is 10.8 Å². The van der Waals surface area contributed by atoms with E-state index < -0.39 is 0 Å². The molecule has 0 bridgehead atoms. The number of likely N-dealkylation sites (tertiary alicyclic amines) is 1. The van der Waals surface area contributed by atoms with Crippen LogP contribution in [0.1, 0.15) is 44.4 Å². The molecule has 2 heterocycles. The first-order chi connectivity index (χ1) is 10.6. The summed E-state index contributed by atoms with van der Waals surface area (Å²) in [5.74, 6) is 0. The fourth-order valence-corrected chi connectivity index (χ4v) is 3.89. The average molecular weight is 315 g/mol. The quantitative estimate of drug-likeness (QED) is 0.864. The van der Waals surface area contributed by atoms with Gasteiger partial charge in [-0.25, -0.2) is 4.98 Å². The van der Waals surface area contributed by atoms with E-state index in [0.717, 1.165) is 17.4 Å². The fraction of sp³-hybridized carbons (Fsp3) is 0.500. The molecule has 0 spiro atoms. The highest BCUT2D eigenvalue weighted by atomic mass is 32.1. The molecule has 0 radical (unpaired) electrons. The van der Waals surface area contributed by atoms with Gasteiger partial charge in [-0.1, -0.05) is 24.1 Å². The summed E-state index contributed by atoms with van der Waals surface area (Å²) >= 11 is 1.69. The van der Waals surface area contributed by atoms with Crippen molar-refractivity contribution in [3.05, 3.63) is 40.9 Å². The SMILES string of the molecule is Cc1ccc(Nc2nc(CN3[C@H](C)CCC[C@@H]3C)cs2)cc1. The lowest BCUT2D eigenvalue weighted by Crippen LogP contribution is -2.43. The van der Waals surface area contributed by atoms with Gasteiger partial charge in [-0.2, -0.15) is 0 Å². The fourth-order valence-electron chi connectivity index (χ4n) is 3.17. The van der Waals surface area contributed by atoms with E-state index in [1.807, 2.05) is 0 Å². The van der Waals surface area contributed by atoms with Gasteiger partial charge in [0.05, 0.1) is 5.69 Å². The number of benzene rings is 1. The van der Waals surface area contributed by atoms with Crippen LogP contribution in [0.2, 0.25) is 0 Å². The number of hydrogen-bond acceptors (Lipinski definition) is 4. The van der Waals surface area contributed by atoms with E-state index in [-0.39, 0.29) is 0 Å². The van der Waals surface area contributed by atoms with Crippen LogP contribution in [0.15, 0.2) is 29.6 Å². The Hall–Kier alpha value is -1.39. The summed E-state index contributed by atoms with van der Waals surface area (Å²) in [6, 6.07) is 9.77. The molecular formula is C18H25N3S. The Morgan fingerprint density at radius 2 is 1.86 bits per heavy atom. The van der Waals surface area contributed by atoms with Crippen LogP contribution in [-0.2, 0) is 6.54 Å². The van der Waals surface area contributed by atoms with Crippen molar-refractivity contribution in [3.63, 3.8) is 0 Å². The van der Waals surface area contributed by atoms with Crippen molar-refractivity contribution >= 4 is 22.2 Å². The first-order valence-electron chi connectivity index (χ1n) is 8.15. The van der Waals surface area contributed by atoms with Crippen LogP contribution in [0, 0.1) is 6.92 Å². The number of thiazole rings is 1. The minimum absolute atomic E-state index is 0.666. The molecule has 3 nitrogen and oxygen atoms in total. The molecule has 3 rings (SSSR count). The second-order valence-corrected chi connectivity index (χ2v) is 7.29. The predicted octanol–water partition coefficient (Wildman–Crippen LogP) is 4.96. The van der Waals surface area contributed by atoms with Gasteiger partial charge < -0.3 is 5.32 Å². The molecular weight excluding hydrogens is 290 g/mol. The zero-order valence-electron chi connectivity index (χ0n) is 13.7. The van der Waals surface area contributed by atoms with Crippen LogP contribution in [0.5, 0.6) is 0 Å². The minimum atomic E-state index is 0.666. The van der Waals surface area contributed by atoms with Crippen molar-refractivity contribution in [2.24, 2.45) is 0 Å². The van der Waals surface area contributed by atoms with Crippen molar-refractivity contribution in [1.29, 1.82) is 0 Å². The summed E-state index contributed by atoms with van der Waals surface area (Å²) in [5, 5.41) is 6.57. The zero-order valence-corrected chi connectivity index (χ0v) is 14.5. The van der Waals surface area contributed by atoms with Gasteiger partial charge in [0, 0.05) is 29.7 Å². The highest BCUT2D eigenvalue weighted by Crippen LogP contribution is 2.27. The minimum Gasteiger partial charge on any atom is -0.332 e. The Bertz CT molecular complexity index is 595. The summed E-state index contributed by atoms with van der Waals surface area (Å²) in [4.78, 5) is 7.35. The molecule has 1 aromatic heterocycles. The maximum atomic E-state index is 4.76. The van der Waals surface area contributed by atoms with Gasteiger partial charge in [-0.05, 0) is 45.7 Å². The number of piperidine rings is 1. The van der Waals surface area contributed by atoms with Crippen LogP contribution in [0.3, 0.4) is 0 Å². The van der Waals surface area contributed by atoms with E-state index >= 15 is 0 Å². The van der Waals surface area contributed by atoms with E-state index in [1.165, 1.54) is 30.5 Å². The van der Waals surface area contributed by atoms with Crippen molar-refractivity contribution in [2.75, 3.05) is 5.32 Å². The third kappa shape index (κ3) is 3.68. The standard InChI is InChI=1S/C18H25N3S/c1-13-7-9-16(10-8-13)19-18-20-17(12-22-18)11-21-14(2)5-4-6-15(21)3/h7-10,12,14-15H,4-6,11H2,1-3H3,(H,19,20)/t14-,15+. The molecule has 0 unspecified atom stereocenters.